The van der Waals surface area contributed by atoms with E-state index in [0.717, 1.165) is 12.1 Å². The Morgan fingerprint density at radius 2 is 1.41 bits per heavy atom. The fourth-order valence-electron chi connectivity index (χ4n) is 3.24. The molecule has 0 fully saturated rings. The highest BCUT2D eigenvalue weighted by molar-refractivity contribution is 7.88. The van der Waals surface area contributed by atoms with Crippen LogP contribution in [0.2, 0.25) is 10.0 Å². The molecule has 1 N–H and O–H groups in total. The summed E-state index contributed by atoms with van der Waals surface area (Å²) >= 11 is 12.1. The molecule has 3 rings (SSSR count). The molecule has 0 radical (unpaired) electrons. The fraction of sp³-hybridized carbons (Fsp3) is 0.167. The van der Waals surface area contributed by atoms with Gasteiger partial charge < -0.3 is 8.92 Å². The van der Waals surface area contributed by atoms with Gasteiger partial charge in [0.2, 0.25) is 0 Å². The van der Waals surface area contributed by atoms with E-state index in [2.05, 4.69) is 14.7 Å². The quantitative estimate of drug-likeness (QED) is 0.143. The van der Waals surface area contributed by atoms with Crippen molar-refractivity contribution in [2.24, 2.45) is 5.10 Å². The highest BCUT2D eigenvalue weighted by Gasteiger charge is 2.48. The third kappa shape index (κ3) is 7.37. The van der Waals surface area contributed by atoms with Crippen LogP contribution >= 0.6 is 23.2 Å². The number of nitrogens with zero attached hydrogens (tertiary/aromatic N) is 1. The largest absolute Gasteiger partial charge is 0.534 e. The molecule has 0 saturated carbocycles. The number of alkyl halides is 3. The summed E-state index contributed by atoms with van der Waals surface area (Å²) in [7, 11) is -5.84. The van der Waals surface area contributed by atoms with Crippen LogP contribution in [0.3, 0.4) is 0 Å². The van der Waals surface area contributed by atoms with Crippen molar-refractivity contribution in [2.75, 3.05) is 6.61 Å². The Labute approximate surface area is 220 Å². The average Bonchev–Trinajstić information content (AvgIpc) is 2.83. The van der Waals surface area contributed by atoms with Crippen molar-refractivity contribution in [1.82, 2.24) is 5.43 Å². The normalized spacial score (nSPS) is 13.1. The molecule has 0 heterocycles. The Morgan fingerprint density at radius 3 is 1.89 bits per heavy atom. The summed E-state index contributed by atoms with van der Waals surface area (Å²) in [5, 5.41) is 5.18. The van der Waals surface area contributed by atoms with Gasteiger partial charge >= 0.3 is 21.7 Å². The van der Waals surface area contributed by atoms with Crippen LogP contribution in [-0.2, 0) is 14.9 Å². The minimum Gasteiger partial charge on any atom is -0.449 e. The predicted molar refractivity (Wildman–Crippen MR) is 133 cm³/mol. The molecule has 37 heavy (non-hydrogen) atoms. The number of amides is 1. The number of ether oxygens (including phenoxy) is 1. The maximum Gasteiger partial charge on any atom is 0.534 e. The molecule has 1 amide bonds. The van der Waals surface area contributed by atoms with Gasteiger partial charge in [-0.25, -0.2) is 10.2 Å². The number of carbonyl (C=O) groups excluding carboxylic acids is 1. The van der Waals surface area contributed by atoms with Crippen LogP contribution < -0.4 is 9.61 Å². The minimum atomic E-state index is -5.84. The Bertz CT molecular complexity index is 1360. The van der Waals surface area contributed by atoms with E-state index >= 15 is 0 Å². The summed E-state index contributed by atoms with van der Waals surface area (Å²) in [6.45, 7) is 1.74. The minimum absolute atomic E-state index is 0.112. The molecule has 0 spiro atoms. The molecule has 0 saturated heterocycles. The van der Waals surface area contributed by atoms with Gasteiger partial charge in [-0.05, 0) is 60.0 Å². The summed E-state index contributed by atoms with van der Waals surface area (Å²) < 4.78 is 70.0. The Balaban J connectivity index is 2.11. The number of halogens is 5. The monoisotopic (exact) mass is 574 g/mol. The van der Waals surface area contributed by atoms with E-state index in [4.69, 9.17) is 27.9 Å². The summed E-state index contributed by atoms with van der Waals surface area (Å²) in [4.78, 5) is 12.0. The number of hydrogen-bond donors (Lipinski definition) is 1. The van der Waals surface area contributed by atoms with Crippen LogP contribution in [0.25, 0.3) is 0 Å². The van der Waals surface area contributed by atoms with Crippen LogP contribution in [0.15, 0.2) is 77.9 Å². The molecule has 196 valence electrons. The number of nitrogens with one attached hydrogen (secondary N) is 1. The highest BCUT2D eigenvalue weighted by atomic mass is 35.5. The maximum atomic E-state index is 12.7. The van der Waals surface area contributed by atoms with E-state index in [0.29, 0.717) is 32.4 Å². The first-order chi connectivity index (χ1) is 17.4. The van der Waals surface area contributed by atoms with Crippen molar-refractivity contribution in [3.8, 4) is 5.75 Å². The fourth-order valence-corrected chi connectivity index (χ4v) is 3.95. The van der Waals surface area contributed by atoms with Gasteiger partial charge in [0.25, 0.3) is 0 Å². The van der Waals surface area contributed by atoms with Crippen LogP contribution in [0.5, 0.6) is 5.75 Å². The van der Waals surface area contributed by atoms with Crippen molar-refractivity contribution in [3.63, 3.8) is 0 Å². The molecule has 13 heteroatoms. The molecule has 3 aromatic rings. The van der Waals surface area contributed by atoms with Crippen molar-refractivity contribution in [1.29, 1.82) is 0 Å². The second-order valence-electron chi connectivity index (χ2n) is 7.37. The smallest absolute Gasteiger partial charge is 0.449 e. The lowest BCUT2D eigenvalue weighted by Gasteiger charge is -2.21. The first kappa shape index (κ1) is 28.3. The summed E-state index contributed by atoms with van der Waals surface area (Å²) in [6, 6.07) is 18.2. The second-order valence-corrected chi connectivity index (χ2v) is 9.78. The topological polar surface area (TPSA) is 94.1 Å². The lowest BCUT2D eigenvalue weighted by Crippen LogP contribution is -2.28. The average molecular weight is 575 g/mol. The molecule has 0 aromatic heterocycles. The summed E-state index contributed by atoms with van der Waals surface area (Å²) in [5.74, 6) is -1.24. The third-order valence-corrected chi connectivity index (χ3v) is 6.35. The molecule has 0 bridgehead atoms. The molecular formula is C24H19Cl2F3N2O5S. The molecular weight excluding hydrogens is 556 g/mol. The summed E-state index contributed by atoms with van der Waals surface area (Å²) in [6.07, 6.45) is -0.801. The zero-order valence-corrected chi connectivity index (χ0v) is 21.3. The van der Waals surface area contributed by atoms with E-state index in [-0.39, 0.29) is 6.61 Å². The first-order valence-corrected chi connectivity index (χ1v) is 12.7. The Morgan fingerprint density at radius 1 is 0.919 bits per heavy atom. The Kier molecular flexibility index (Phi) is 9.06. The van der Waals surface area contributed by atoms with Gasteiger partial charge in [-0.3, -0.25) is 0 Å². The zero-order chi connectivity index (χ0) is 27.2. The Hall–Kier alpha value is -3.28. The van der Waals surface area contributed by atoms with Crippen molar-refractivity contribution >= 4 is 45.1 Å². The number of hydrogen-bond acceptors (Lipinski definition) is 6. The van der Waals surface area contributed by atoms with Crippen LogP contribution in [0.1, 0.15) is 29.5 Å². The molecule has 1 atom stereocenters. The van der Waals surface area contributed by atoms with Crippen molar-refractivity contribution < 1.29 is 35.3 Å². The molecule has 0 aliphatic carbocycles. The van der Waals surface area contributed by atoms with E-state index in [1.165, 1.54) is 12.1 Å². The number of carbonyl (C=O) groups is 1. The van der Waals surface area contributed by atoms with E-state index in [1.807, 2.05) is 0 Å². The number of rotatable bonds is 8. The van der Waals surface area contributed by atoms with Crippen LogP contribution in [-0.4, -0.2) is 32.3 Å². The maximum absolute atomic E-state index is 12.7. The van der Waals surface area contributed by atoms with Gasteiger partial charge in [-0.15, -0.1) is 0 Å². The molecule has 0 aliphatic heterocycles. The first-order valence-electron chi connectivity index (χ1n) is 10.5. The molecule has 3 aromatic carbocycles. The molecule has 0 aliphatic rings. The van der Waals surface area contributed by atoms with E-state index < -0.39 is 33.4 Å². The SMILES string of the molecule is CCOC(=O)N/N=C(/c1ccc(Cl)cc1)C(c1ccc(Cl)cc1)c1ccc(OS(=O)(=O)C(F)(F)F)cc1. The predicted octanol–water partition coefficient (Wildman–Crippen LogP) is 6.50. The third-order valence-electron chi connectivity index (χ3n) is 4.86. The highest BCUT2D eigenvalue weighted by Crippen LogP contribution is 2.33. The lowest BCUT2D eigenvalue weighted by molar-refractivity contribution is -0.0500. The van der Waals surface area contributed by atoms with Crippen LogP contribution in [0, 0.1) is 0 Å². The van der Waals surface area contributed by atoms with Crippen molar-refractivity contribution in [2.45, 2.75) is 18.3 Å². The van der Waals surface area contributed by atoms with Gasteiger partial charge in [-0.2, -0.15) is 26.7 Å². The van der Waals surface area contributed by atoms with Gasteiger partial charge in [0, 0.05) is 10.0 Å². The van der Waals surface area contributed by atoms with Gasteiger partial charge in [-0.1, -0.05) is 59.6 Å². The lowest BCUT2D eigenvalue weighted by atomic mass is 9.84. The van der Waals surface area contributed by atoms with E-state index in [1.54, 1.807) is 55.5 Å². The second kappa shape index (κ2) is 11.8. The van der Waals surface area contributed by atoms with Gasteiger partial charge in [0.1, 0.15) is 5.75 Å². The van der Waals surface area contributed by atoms with Gasteiger partial charge in [0.15, 0.2) is 0 Å². The zero-order valence-electron chi connectivity index (χ0n) is 19.0. The summed E-state index contributed by atoms with van der Waals surface area (Å²) in [5.41, 5.74) is -1.24. The van der Waals surface area contributed by atoms with Crippen molar-refractivity contribution in [3.05, 3.63) is 99.5 Å². The number of benzene rings is 3. The van der Waals surface area contributed by atoms with Crippen LogP contribution in [0.4, 0.5) is 18.0 Å². The van der Waals surface area contributed by atoms with E-state index in [9.17, 15) is 26.4 Å². The number of hydrazone groups is 1. The standard InChI is InChI=1S/C24H19Cl2F3N2O5S/c1-2-35-23(32)31-30-22(17-5-11-19(26)12-6-17)21(15-3-9-18(25)10-4-15)16-7-13-20(14-8-16)36-37(33,34)24(27,28)29/h3-14,21H,2H2,1H3,(H,31,32)/b30-22-. The molecule has 7 nitrogen and oxygen atoms in total. The van der Waals surface area contributed by atoms with Gasteiger partial charge in [0.05, 0.1) is 18.2 Å². The molecule has 1 unspecified atom stereocenters.